The van der Waals surface area contributed by atoms with Crippen LogP contribution in [0.2, 0.25) is 0 Å². The molecule has 0 bridgehead atoms. The van der Waals surface area contributed by atoms with Crippen LogP contribution in [0.15, 0.2) is 29.4 Å². The fraction of sp³-hybridized carbons (Fsp3) is 0.471. The van der Waals surface area contributed by atoms with Crippen molar-refractivity contribution in [3.8, 4) is 11.4 Å². The summed E-state index contributed by atoms with van der Waals surface area (Å²) in [6.45, 7) is 3.15. The lowest BCUT2D eigenvalue weighted by Gasteiger charge is -2.14. The van der Waals surface area contributed by atoms with Crippen LogP contribution in [0.5, 0.6) is 0 Å². The number of carbonyl (C=O) groups excluding carboxylic acids is 1. The van der Waals surface area contributed by atoms with E-state index in [1.807, 2.05) is 18.5 Å². The molecule has 0 saturated carbocycles. The van der Waals surface area contributed by atoms with Gasteiger partial charge in [0.25, 0.3) is 0 Å². The van der Waals surface area contributed by atoms with Gasteiger partial charge in [-0.05, 0) is 44.0 Å². The third-order valence-corrected chi connectivity index (χ3v) is 5.25. The van der Waals surface area contributed by atoms with Crippen molar-refractivity contribution < 1.29 is 13.9 Å². The van der Waals surface area contributed by atoms with Crippen molar-refractivity contribution in [2.24, 2.45) is 7.05 Å². The molecule has 1 aromatic heterocycles. The number of nitrogens with zero attached hydrogens (tertiary/aromatic N) is 3. The van der Waals surface area contributed by atoms with E-state index in [1.165, 1.54) is 23.9 Å². The molecule has 1 aromatic carbocycles. The van der Waals surface area contributed by atoms with Crippen molar-refractivity contribution >= 4 is 17.7 Å². The monoisotopic (exact) mass is 364 g/mol. The van der Waals surface area contributed by atoms with E-state index in [-0.39, 0.29) is 23.1 Å². The largest absolute Gasteiger partial charge is 0.376 e. The Bertz CT molecular complexity index is 729. The summed E-state index contributed by atoms with van der Waals surface area (Å²) < 4.78 is 20.4. The van der Waals surface area contributed by atoms with Crippen LogP contribution in [-0.2, 0) is 16.6 Å². The van der Waals surface area contributed by atoms with Crippen LogP contribution >= 0.6 is 11.8 Å². The first kappa shape index (κ1) is 17.9. The number of ether oxygens (including phenoxy) is 1. The van der Waals surface area contributed by atoms with E-state index in [0.29, 0.717) is 17.5 Å². The van der Waals surface area contributed by atoms with Gasteiger partial charge in [-0.15, -0.1) is 10.2 Å². The first-order chi connectivity index (χ1) is 12.0. The Morgan fingerprint density at radius 2 is 2.20 bits per heavy atom. The van der Waals surface area contributed by atoms with Gasteiger partial charge in [-0.1, -0.05) is 11.8 Å². The van der Waals surface area contributed by atoms with Crippen LogP contribution in [0, 0.1) is 5.82 Å². The molecule has 8 heteroatoms. The molecular weight excluding hydrogens is 343 g/mol. The van der Waals surface area contributed by atoms with Crippen molar-refractivity contribution in [2.75, 3.05) is 13.2 Å². The third-order valence-electron chi connectivity index (χ3n) is 4.12. The van der Waals surface area contributed by atoms with Crippen molar-refractivity contribution in [1.29, 1.82) is 0 Å². The van der Waals surface area contributed by atoms with Crippen LogP contribution in [0.3, 0.4) is 0 Å². The molecule has 0 spiro atoms. The summed E-state index contributed by atoms with van der Waals surface area (Å²) in [5, 5.41) is 11.6. The molecule has 1 aliphatic heterocycles. The molecular formula is C17H21FN4O2S. The number of nitrogens with one attached hydrogen (secondary N) is 1. The van der Waals surface area contributed by atoms with Gasteiger partial charge in [0.1, 0.15) is 5.82 Å². The van der Waals surface area contributed by atoms with Gasteiger partial charge in [0.15, 0.2) is 11.0 Å². The smallest absolute Gasteiger partial charge is 0.233 e. The van der Waals surface area contributed by atoms with E-state index in [2.05, 4.69) is 15.5 Å². The number of rotatable bonds is 6. The minimum Gasteiger partial charge on any atom is -0.376 e. The average Bonchev–Trinajstić information content (AvgIpc) is 3.24. The Hall–Kier alpha value is -1.93. The van der Waals surface area contributed by atoms with Crippen molar-refractivity contribution in [3.05, 3.63) is 30.1 Å². The molecule has 0 aliphatic carbocycles. The maximum absolute atomic E-state index is 13.1. The minimum absolute atomic E-state index is 0.0492. The number of halogens is 1. The molecule has 0 unspecified atom stereocenters. The lowest BCUT2D eigenvalue weighted by Crippen LogP contribution is -2.36. The minimum atomic E-state index is -0.301. The van der Waals surface area contributed by atoms with Gasteiger partial charge < -0.3 is 14.6 Å². The topological polar surface area (TPSA) is 69.0 Å². The lowest BCUT2D eigenvalue weighted by molar-refractivity contribution is -0.120. The number of hydrogen-bond donors (Lipinski definition) is 1. The molecule has 2 aromatic rings. The van der Waals surface area contributed by atoms with E-state index in [1.54, 1.807) is 12.1 Å². The highest BCUT2D eigenvalue weighted by molar-refractivity contribution is 8.00. The standard InChI is InChI=1S/C17H21FN4O2S/c1-11(16(23)19-10-14-4-3-9-24-14)25-17-21-20-15(22(17)2)12-5-7-13(18)8-6-12/h5-8,11,14H,3-4,9-10H2,1-2H3,(H,19,23)/t11-,14+/m1/s1. The Balaban J connectivity index is 1.60. The van der Waals surface area contributed by atoms with Crippen molar-refractivity contribution in [2.45, 2.75) is 36.3 Å². The summed E-state index contributed by atoms with van der Waals surface area (Å²) >= 11 is 1.34. The summed E-state index contributed by atoms with van der Waals surface area (Å²) in [6.07, 6.45) is 2.17. The van der Waals surface area contributed by atoms with Crippen LogP contribution < -0.4 is 5.32 Å². The molecule has 2 atom stereocenters. The molecule has 1 saturated heterocycles. The average molecular weight is 364 g/mol. The summed E-state index contributed by atoms with van der Waals surface area (Å²) in [4.78, 5) is 12.2. The van der Waals surface area contributed by atoms with Crippen LogP contribution in [-0.4, -0.2) is 45.2 Å². The first-order valence-electron chi connectivity index (χ1n) is 8.26. The molecule has 6 nitrogen and oxygen atoms in total. The molecule has 1 N–H and O–H groups in total. The van der Waals surface area contributed by atoms with Gasteiger partial charge >= 0.3 is 0 Å². The van der Waals surface area contributed by atoms with E-state index in [4.69, 9.17) is 4.74 Å². The Morgan fingerprint density at radius 1 is 1.44 bits per heavy atom. The normalized spacial score (nSPS) is 18.3. The Labute approximate surface area is 150 Å². The maximum atomic E-state index is 13.1. The van der Waals surface area contributed by atoms with E-state index >= 15 is 0 Å². The number of carbonyl (C=O) groups is 1. The van der Waals surface area contributed by atoms with E-state index in [0.717, 1.165) is 25.0 Å². The number of amides is 1. The summed E-state index contributed by atoms with van der Waals surface area (Å²) in [5.41, 5.74) is 0.777. The van der Waals surface area contributed by atoms with Gasteiger partial charge in [-0.2, -0.15) is 0 Å². The van der Waals surface area contributed by atoms with E-state index in [9.17, 15) is 9.18 Å². The number of thioether (sulfide) groups is 1. The predicted molar refractivity (Wildman–Crippen MR) is 93.7 cm³/mol. The maximum Gasteiger partial charge on any atom is 0.233 e. The second-order valence-electron chi connectivity index (χ2n) is 6.01. The molecule has 2 heterocycles. The zero-order valence-corrected chi connectivity index (χ0v) is 15.1. The molecule has 1 aliphatic rings. The predicted octanol–water partition coefficient (Wildman–Crippen LogP) is 2.40. The highest BCUT2D eigenvalue weighted by Gasteiger charge is 2.21. The van der Waals surface area contributed by atoms with Gasteiger partial charge in [0.2, 0.25) is 5.91 Å². The van der Waals surface area contributed by atoms with Crippen LogP contribution in [0.25, 0.3) is 11.4 Å². The quantitative estimate of drug-likeness (QED) is 0.797. The van der Waals surface area contributed by atoms with Crippen LogP contribution in [0.1, 0.15) is 19.8 Å². The summed E-state index contributed by atoms with van der Waals surface area (Å²) in [7, 11) is 1.83. The lowest BCUT2D eigenvalue weighted by atomic mass is 10.2. The third kappa shape index (κ3) is 4.38. The number of hydrogen-bond acceptors (Lipinski definition) is 5. The number of benzene rings is 1. The van der Waals surface area contributed by atoms with Gasteiger partial charge in [-0.25, -0.2) is 4.39 Å². The summed E-state index contributed by atoms with van der Waals surface area (Å²) in [6, 6.07) is 6.09. The highest BCUT2D eigenvalue weighted by atomic mass is 32.2. The second kappa shape index (κ2) is 7.97. The molecule has 134 valence electrons. The highest BCUT2D eigenvalue weighted by Crippen LogP contribution is 2.25. The van der Waals surface area contributed by atoms with Crippen LogP contribution in [0.4, 0.5) is 4.39 Å². The molecule has 0 radical (unpaired) electrons. The fourth-order valence-electron chi connectivity index (χ4n) is 2.64. The second-order valence-corrected chi connectivity index (χ2v) is 7.32. The zero-order valence-electron chi connectivity index (χ0n) is 14.2. The van der Waals surface area contributed by atoms with Crippen molar-refractivity contribution in [1.82, 2.24) is 20.1 Å². The first-order valence-corrected chi connectivity index (χ1v) is 9.14. The van der Waals surface area contributed by atoms with Gasteiger partial charge in [0, 0.05) is 25.8 Å². The van der Waals surface area contributed by atoms with E-state index < -0.39 is 0 Å². The Kier molecular flexibility index (Phi) is 5.70. The SMILES string of the molecule is C[C@@H](Sc1nnc(-c2ccc(F)cc2)n1C)C(=O)NC[C@@H]1CCCO1. The molecule has 25 heavy (non-hydrogen) atoms. The fourth-order valence-corrected chi connectivity index (χ4v) is 3.48. The van der Waals surface area contributed by atoms with Crippen molar-refractivity contribution in [3.63, 3.8) is 0 Å². The summed E-state index contributed by atoms with van der Waals surface area (Å²) in [5.74, 6) is 0.290. The van der Waals surface area contributed by atoms with Gasteiger partial charge in [0.05, 0.1) is 11.4 Å². The van der Waals surface area contributed by atoms with Gasteiger partial charge in [-0.3, -0.25) is 4.79 Å². The molecule has 1 amide bonds. The molecule has 3 rings (SSSR count). The zero-order chi connectivity index (χ0) is 17.8. The Morgan fingerprint density at radius 3 is 2.88 bits per heavy atom. The number of aromatic nitrogens is 3. The molecule has 1 fully saturated rings.